The number of hydrogen-bond acceptors (Lipinski definition) is 3. The van der Waals surface area contributed by atoms with Crippen molar-refractivity contribution >= 4 is 5.82 Å². The molecule has 106 valence electrons. The molecule has 0 saturated carbocycles. The van der Waals surface area contributed by atoms with Crippen LogP contribution in [0.3, 0.4) is 0 Å². The summed E-state index contributed by atoms with van der Waals surface area (Å²) in [5.41, 5.74) is 6.80. The number of aryl methyl sites for hydroxylation is 2. The third-order valence-electron chi connectivity index (χ3n) is 3.22. The Bertz CT molecular complexity index is 654. The van der Waals surface area contributed by atoms with E-state index in [1.807, 2.05) is 6.92 Å². The molecule has 1 aromatic heterocycles. The van der Waals surface area contributed by atoms with Gasteiger partial charge in [0, 0.05) is 12.0 Å². The molecular formula is C15H17F2N3. The van der Waals surface area contributed by atoms with Gasteiger partial charge in [0.05, 0.1) is 11.3 Å². The molecule has 2 rings (SSSR count). The lowest BCUT2D eigenvalue weighted by atomic mass is 10.0. The standard InChI is InChI=1S/C15H17F2N3/c1-4-5-11-19-14(9(3)15(18)20-11)12-10(16)7-6-8(2)13(12)17/h6-7H,4-5H2,1-3H3,(H2,18,19,20). The van der Waals surface area contributed by atoms with Gasteiger partial charge in [0.15, 0.2) is 0 Å². The molecule has 0 fully saturated rings. The van der Waals surface area contributed by atoms with Crippen molar-refractivity contribution in [3.8, 4) is 11.3 Å². The van der Waals surface area contributed by atoms with Gasteiger partial charge in [0.1, 0.15) is 23.3 Å². The smallest absolute Gasteiger partial charge is 0.138 e. The summed E-state index contributed by atoms with van der Waals surface area (Å²) >= 11 is 0. The Morgan fingerprint density at radius 3 is 2.50 bits per heavy atom. The Morgan fingerprint density at radius 2 is 1.85 bits per heavy atom. The highest BCUT2D eigenvalue weighted by Gasteiger charge is 2.19. The first kappa shape index (κ1) is 14.4. The fourth-order valence-electron chi connectivity index (χ4n) is 2.03. The van der Waals surface area contributed by atoms with Gasteiger partial charge in [-0.05, 0) is 31.9 Å². The summed E-state index contributed by atoms with van der Waals surface area (Å²) in [6.07, 6.45) is 1.45. The Labute approximate surface area is 116 Å². The van der Waals surface area contributed by atoms with Crippen LogP contribution in [0.5, 0.6) is 0 Å². The molecule has 0 aliphatic heterocycles. The first-order valence-electron chi connectivity index (χ1n) is 6.53. The number of hydrogen-bond donors (Lipinski definition) is 1. The molecule has 0 aliphatic rings. The van der Waals surface area contributed by atoms with Crippen molar-refractivity contribution in [3.05, 3.63) is 40.7 Å². The van der Waals surface area contributed by atoms with E-state index in [4.69, 9.17) is 5.73 Å². The van der Waals surface area contributed by atoms with Gasteiger partial charge in [0.2, 0.25) is 0 Å². The van der Waals surface area contributed by atoms with Gasteiger partial charge in [-0.25, -0.2) is 18.7 Å². The number of nitrogens with two attached hydrogens (primary N) is 1. The van der Waals surface area contributed by atoms with Crippen LogP contribution in [0, 0.1) is 25.5 Å². The van der Waals surface area contributed by atoms with Crippen LogP contribution < -0.4 is 5.73 Å². The van der Waals surface area contributed by atoms with Crippen molar-refractivity contribution in [1.82, 2.24) is 9.97 Å². The van der Waals surface area contributed by atoms with Crippen molar-refractivity contribution in [2.75, 3.05) is 5.73 Å². The quantitative estimate of drug-likeness (QED) is 0.933. The minimum Gasteiger partial charge on any atom is -0.383 e. The molecule has 20 heavy (non-hydrogen) atoms. The molecule has 0 amide bonds. The first-order valence-corrected chi connectivity index (χ1v) is 6.53. The summed E-state index contributed by atoms with van der Waals surface area (Å²) in [7, 11) is 0. The normalized spacial score (nSPS) is 10.8. The molecule has 5 heteroatoms. The van der Waals surface area contributed by atoms with Gasteiger partial charge in [-0.2, -0.15) is 0 Å². The summed E-state index contributed by atoms with van der Waals surface area (Å²) in [6, 6.07) is 2.64. The minimum absolute atomic E-state index is 0.131. The predicted molar refractivity (Wildman–Crippen MR) is 75.3 cm³/mol. The Hall–Kier alpha value is -2.04. The van der Waals surface area contributed by atoms with Gasteiger partial charge in [0.25, 0.3) is 0 Å². The van der Waals surface area contributed by atoms with E-state index in [9.17, 15) is 8.78 Å². The predicted octanol–water partition coefficient (Wildman–Crippen LogP) is 3.57. The Morgan fingerprint density at radius 1 is 1.15 bits per heavy atom. The maximum Gasteiger partial charge on any atom is 0.138 e. The lowest BCUT2D eigenvalue weighted by Gasteiger charge is -2.12. The fraction of sp³-hybridized carbons (Fsp3) is 0.333. The van der Waals surface area contributed by atoms with Crippen LogP contribution in [-0.4, -0.2) is 9.97 Å². The fourth-order valence-corrected chi connectivity index (χ4v) is 2.03. The van der Waals surface area contributed by atoms with Crippen LogP contribution in [0.1, 0.15) is 30.3 Å². The van der Waals surface area contributed by atoms with Crippen molar-refractivity contribution in [2.24, 2.45) is 0 Å². The Kier molecular flexibility index (Phi) is 3.97. The van der Waals surface area contributed by atoms with Gasteiger partial charge in [-0.15, -0.1) is 0 Å². The maximum atomic E-state index is 14.2. The van der Waals surface area contributed by atoms with Crippen molar-refractivity contribution < 1.29 is 8.78 Å². The molecule has 2 N–H and O–H groups in total. The summed E-state index contributed by atoms with van der Waals surface area (Å²) in [4.78, 5) is 8.44. The van der Waals surface area contributed by atoms with E-state index in [1.54, 1.807) is 13.8 Å². The second-order valence-corrected chi connectivity index (χ2v) is 4.80. The van der Waals surface area contributed by atoms with Gasteiger partial charge >= 0.3 is 0 Å². The van der Waals surface area contributed by atoms with E-state index in [1.165, 1.54) is 12.1 Å². The lowest BCUT2D eigenvalue weighted by Crippen LogP contribution is -2.07. The third-order valence-corrected chi connectivity index (χ3v) is 3.22. The molecule has 0 spiro atoms. The van der Waals surface area contributed by atoms with E-state index in [-0.39, 0.29) is 17.1 Å². The molecule has 1 heterocycles. The number of rotatable bonds is 3. The highest BCUT2D eigenvalue weighted by molar-refractivity contribution is 5.69. The van der Waals surface area contributed by atoms with Crippen molar-refractivity contribution in [3.63, 3.8) is 0 Å². The average Bonchev–Trinajstić information content (AvgIpc) is 2.40. The number of anilines is 1. The monoisotopic (exact) mass is 277 g/mol. The van der Waals surface area contributed by atoms with E-state index in [0.717, 1.165) is 6.42 Å². The molecule has 0 saturated heterocycles. The van der Waals surface area contributed by atoms with E-state index >= 15 is 0 Å². The van der Waals surface area contributed by atoms with Crippen LogP contribution in [0.4, 0.5) is 14.6 Å². The molecule has 0 aliphatic carbocycles. The average molecular weight is 277 g/mol. The van der Waals surface area contributed by atoms with Crippen LogP contribution in [-0.2, 0) is 6.42 Å². The largest absolute Gasteiger partial charge is 0.383 e. The zero-order valence-electron chi connectivity index (χ0n) is 11.8. The summed E-state index contributed by atoms with van der Waals surface area (Å²) in [6.45, 7) is 5.24. The summed E-state index contributed by atoms with van der Waals surface area (Å²) in [5, 5.41) is 0. The highest BCUT2D eigenvalue weighted by Crippen LogP contribution is 2.30. The third kappa shape index (κ3) is 2.48. The van der Waals surface area contributed by atoms with Gasteiger partial charge in [-0.3, -0.25) is 0 Å². The van der Waals surface area contributed by atoms with Gasteiger partial charge < -0.3 is 5.73 Å². The second kappa shape index (κ2) is 5.53. The van der Waals surface area contributed by atoms with E-state index in [0.29, 0.717) is 23.4 Å². The molecule has 2 aromatic rings. The SMILES string of the molecule is CCCc1nc(N)c(C)c(-c2c(F)ccc(C)c2F)n1. The number of benzene rings is 1. The maximum absolute atomic E-state index is 14.2. The Balaban J connectivity index is 2.72. The zero-order chi connectivity index (χ0) is 14.9. The highest BCUT2D eigenvalue weighted by atomic mass is 19.1. The van der Waals surface area contributed by atoms with E-state index in [2.05, 4.69) is 9.97 Å². The van der Waals surface area contributed by atoms with Crippen LogP contribution in [0.15, 0.2) is 12.1 Å². The first-order chi connectivity index (χ1) is 9.45. The van der Waals surface area contributed by atoms with Crippen LogP contribution in [0.2, 0.25) is 0 Å². The number of nitrogen functional groups attached to an aromatic ring is 1. The molecule has 0 bridgehead atoms. The summed E-state index contributed by atoms with van der Waals surface area (Å²) < 4.78 is 28.2. The number of aromatic nitrogens is 2. The minimum atomic E-state index is -0.642. The van der Waals surface area contributed by atoms with Crippen LogP contribution >= 0.6 is 0 Å². The second-order valence-electron chi connectivity index (χ2n) is 4.80. The lowest BCUT2D eigenvalue weighted by molar-refractivity contribution is 0.582. The number of halogens is 2. The molecule has 0 atom stereocenters. The van der Waals surface area contributed by atoms with E-state index < -0.39 is 11.6 Å². The topological polar surface area (TPSA) is 51.8 Å². The molecule has 0 unspecified atom stereocenters. The van der Waals surface area contributed by atoms with Crippen LogP contribution in [0.25, 0.3) is 11.3 Å². The summed E-state index contributed by atoms with van der Waals surface area (Å²) in [5.74, 6) is -0.477. The van der Waals surface area contributed by atoms with Crippen molar-refractivity contribution in [2.45, 2.75) is 33.6 Å². The van der Waals surface area contributed by atoms with Crippen molar-refractivity contribution in [1.29, 1.82) is 0 Å². The zero-order valence-corrected chi connectivity index (χ0v) is 11.8. The van der Waals surface area contributed by atoms with Gasteiger partial charge in [-0.1, -0.05) is 13.0 Å². The molecule has 3 nitrogen and oxygen atoms in total. The molecular weight excluding hydrogens is 260 g/mol. The number of nitrogens with zero attached hydrogens (tertiary/aromatic N) is 2. The molecule has 1 aromatic carbocycles. The molecule has 0 radical (unpaired) electrons.